The van der Waals surface area contributed by atoms with Crippen molar-refractivity contribution in [1.29, 1.82) is 5.26 Å². The van der Waals surface area contributed by atoms with Crippen LogP contribution in [0.15, 0.2) is 71.6 Å². The molecule has 1 aromatic heterocycles. The fourth-order valence-electron chi connectivity index (χ4n) is 3.10. The molecule has 0 aliphatic rings. The van der Waals surface area contributed by atoms with E-state index in [-0.39, 0.29) is 17.6 Å². The SMILES string of the molecule is Cc1nc2ccc(NC(=O)c3ccccc3SCC(=O)Nc3cccc(C#N)c3)cc2s1. The molecule has 32 heavy (non-hydrogen) atoms. The van der Waals surface area contributed by atoms with Gasteiger partial charge in [-0.25, -0.2) is 4.98 Å². The topological polar surface area (TPSA) is 94.9 Å². The molecule has 4 aromatic rings. The third-order valence-corrected chi connectivity index (χ3v) is 6.53. The highest BCUT2D eigenvalue weighted by molar-refractivity contribution is 8.00. The van der Waals surface area contributed by atoms with Crippen LogP contribution in [0.25, 0.3) is 10.2 Å². The van der Waals surface area contributed by atoms with Crippen LogP contribution in [0.3, 0.4) is 0 Å². The average Bonchev–Trinajstić information content (AvgIpc) is 3.17. The molecule has 0 spiro atoms. The van der Waals surface area contributed by atoms with Crippen LogP contribution in [0.2, 0.25) is 0 Å². The van der Waals surface area contributed by atoms with Gasteiger partial charge in [0.15, 0.2) is 0 Å². The van der Waals surface area contributed by atoms with Gasteiger partial charge in [-0.2, -0.15) is 5.26 Å². The highest BCUT2D eigenvalue weighted by Gasteiger charge is 2.14. The van der Waals surface area contributed by atoms with Crippen LogP contribution in [0, 0.1) is 18.3 Å². The van der Waals surface area contributed by atoms with Gasteiger partial charge in [-0.1, -0.05) is 18.2 Å². The number of carbonyl (C=O) groups is 2. The zero-order valence-electron chi connectivity index (χ0n) is 17.1. The molecular formula is C24H18N4O2S2. The Bertz CT molecular complexity index is 1360. The molecule has 4 rings (SSSR count). The van der Waals surface area contributed by atoms with Crippen LogP contribution < -0.4 is 10.6 Å². The van der Waals surface area contributed by atoms with Gasteiger partial charge in [-0.3, -0.25) is 9.59 Å². The maximum Gasteiger partial charge on any atom is 0.256 e. The number of thiazole rings is 1. The molecular weight excluding hydrogens is 440 g/mol. The largest absolute Gasteiger partial charge is 0.325 e. The fourth-order valence-corrected chi connectivity index (χ4v) is 4.82. The van der Waals surface area contributed by atoms with Crippen LogP contribution in [-0.2, 0) is 4.79 Å². The maximum atomic E-state index is 12.9. The molecule has 0 aliphatic carbocycles. The van der Waals surface area contributed by atoms with Crippen molar-refractivity contribution in [1.82, 2.24) is 4.98 Å². The zero-order valence-corrected chi connectivity index (χ0v) is 18.7. The number of hydrogen-bond donors (Lipinski definition) is 2. The molecule has 158 valence electrons. The van der Waals surface area contributed by atoms with E-state index in [0.29, 0.717) is 27.4 Å². The summed E-state index contributed by atoms with van der Waals surface area (Å²) in [6.07, 6.45) is 0. The molecule has 3 aromatic carbocycles. The molecule has 0 unspecified atom stereocenters. The van der Waals surface area contributed by atoms with Gasteiger partial charge in [0.2, 0.25) is 5.91 Å². The van der Waals surface area contributed by atoms with E-state index in [1.54, 1.807) is 47.7 Å². The smallest absolute Gasteiger partial charge is 0.256 e. The third kappa shape index (κ3) is 5.14. The molecule has 0 atom stereocenters. The quantitative estimate of drug-likeness (QED) is 0.374. The Morgan fingerprint density at radius 2 is 1.84 bits per heavy atom. The minimum absolute atomic E-state index is 0.132. The van der Waals surface area contributed by atoms with E-state index in [4.69, 9.17) is 5.26 Å². The van der Waals surface area contributed by atoms with Gasteiger partial charge in [-0.15, -0.1) is 23.1 Å². The molecule has 2 N–H and O–H groups in total. The van der Waals surface area contributed by atoms with E-state index in [9.17, 15) is 9.59 Å². The van der Waals surface area contributed by atoms with Gasteiger partial charge in [0, 0.05) is 16.3 Å². The Kier molecular flexibility index (Phi) is 6.50. The molecule has 2 amide bonds. The first-order chi connectivity index (χ1) is 15.5. The van der Waals surface area contributed by atoms with E-state index in [0.717, 1.165) is 15.2 Å². The van der Waals surface area contributed by atoms with Crippen molar-refractivity contribution in [3.05, 3.63) is 82.9 Å². The number of carbonyl (C=O) groups excluding carboxylic acids is 2. The number of nitriles is 1. The third-order valence-electron chi connectivity index (χ3n) is 4.52. The van der Waals surface area contributed by atoms with Crippen LogP contribution in [0.4, 0.5) is 11.4 Å². The second-order valence-electron chi connectivity index (χ2n) is 6.90. The highest BCUT2D eigenvalue weighted by atomic mass is 32.2. The molecule has 0 saturated heterocycles. The minimum Gasteiger partial charge on any atom is -0.325 e. The Hall–Kier alpha value is -3.67. The zero-order chi connectivity index (χ0) is 22.5. The van der Waals surface area contributed by atoms with Crippen molar-refractivity contribution in [2.45, 2.75) is 11.8 Å². The molecule has 1 heterocycles. The number of aromatic nitrogens is 1. The Labute approximate surface area is 193 Å². The summed E-state index contributed by atoms with van der Waals surface area (Å²) in [4.78, 5) is 30.4. The number of amides is 2. The van der Waals surface area contributed by atoms with Crippen molar-refractivity contribution in [2.75, 3.05) is 16.4 Å². The van der Waals surface area contributed by atoms with E-state index < -0.39 is 0 Å². The highest BCUT2D eigenvalue weighted by Crippen LogP contribution is 2.27. The number of nitrogens with one attached hydrogen (secondary N) is 2. The fraction of sp³-hybridized carbons (Fsp3) is 0.0833. The molecule has 0 aliphatic heterocycles. The van der Waals surface area contributed by atoms with Crippen LogP contribution in [0.5, 0.6) is 0 Å². The second kappa shape index (κ2) is 9.64. The Morgan fingerprint density at radius 1 is 1.03 bits per heavy atom. The minimum atomic E-state index is -0.240. The number of fused-ring (bicyclic) bond motifs is 1. The van der Waals surface area contributed by atoms with Crippen molar-refractivity contribution in [2.24, 2.45) is 0 Å². The van der Waals surface area contributed by atoms with Gasteiger partial charge in [0.05, 0.1) is 38.2 Å². The molecule has 0 bridgehead atoms. The van der Waals surface area contributed by atoms with Crippen molar-refractivity contribution in [3.8, 4) is 6.07 Å². The lowest BCUT2D eigenvalue weighted by molar-refractivity contribution is -0.113. The van der Waals surface area contributed by atoms with E-state index in [2.05, 4.69) is 15.6 Å². The van der Waals surface area contributed by atoms with Crippen molar-refractivity contribution in [3.63, 3.8) is 0 Å². The molecule has 6 nitrogen and oxygen atoms in total. The number of nitrogens with zero attached hydrogens (tertiary/aromatic N) is 2. The summed E-state index contributed by atoms with van der Waals surface area (Å²) in [6.45, 7) is 1.95. The normalized spacial score (nSPS) is 10.5. The van der Waals surface area contributed by atoms with Crippen molar-refractivity contribution < 1.29 is 9.59 Å². The monoisotopic (exact) mass is 458 g/mol. The lowest BCUT2D eigenvalue weighted by atomic mass is 10.2. The van der Waals surface area contributed by atoms with Crippen LogP contribution in [0.1, 0.15) is 20.9 Å². The number of aryl methyl sites for hydroxylation is 1. The van der Waals surface area contributed by atoms with Gasteiger partial charge in [-0.05, 0) is 55.5 Å². The van der Waals surface area contributed by atoms with Gasteiger partial charge in [0.1, 0.15) is 0 Å². The van der Waals surface area contributed by atoms with Gasteiger partial charge in [0.25, 0.3) is 5.91 Å². The number of rotatable bonds is 6. The summed E-state index contributed by atoms with van der Waals surface area (Å²) < 4.78 is 1.01. The Morgan fingerprint density at radius 3 is 2.69 bits per heavy atom. The summed E-state index contributed by atoms with van der Waals surface area (Å²) in [5.41, 5.74) is 3.14. The van der Waals surface area contributed by atoms with Crippen molar-refractivity contribution >= 4 is 56.5 Å². The first-order valence-corrected chi connectivity index (χ1v) is 11.5. The van der Waals surface area contributed by atoms with Gasteiger partial charge < -0.3 is 10.6 Å². The predicted octanol–water partition coefficient (Wildman–Crippen LogP) is 5.46. The van der Waals surface area contributed by atoms with E-state index in [1.165, 1.54) is 11.8 Å². The summed E-state index contributed by atoms with van der Waals surface area (Å²) in [5, 5.41) is 15.7. The number of benzene rings is 3. The lowest BCUT2D eigenvalue weighted by Gasteiger charge is -2.10. The average molecular weight is 459 g/mol. The van der Waals surface area contributed by atoms with E-state index in [1.807, 2.05) is 43.3 Å². The summed E-state index contributed by atoms with van der Waals surface area (Å²) in [5.74, 6) is -0.324. The van der Waals surface area contributed by atoms with Crippen LogP contribution >= 0.6 is 23.1 Å². The second-order valence-corrected chi connectivity index (χ2v) is 9.15. The summed E-state index contributed by atoms with van der Waals surface area (Å²) in [7, 11) is 0. The molecule has 0 fully saturated rings. The molecule has 0 saturated carbocycles. The number of thioether (sulfide) groups is 1. The van der Waals surface area contributed by atoms with Gasteiger partial charge >= 0.3 is 0 Å². The molecule has 8 heteroatoms. The summed E-state index contributed by atoms with van der Waals surface area (Å²) >= 11 is 2.86. The predicted molar refractivity (Wildman–Crippen MR) is 129 cm³/mol. The molecule has 0 radical (unpaired) electrons. The Balaban J connectivity index is 1.42. The standard InChI is InChI=1S/C24H18N4O2S2/c1-15-26-20-10-9-18(12-22(20)32-15)28-24(30)19-7-2-3-8-21(19)31-14-23(29)27-17-6-4-5-16(11-17)13-25/h2-12H,14H2,1H3,(H,27,29)(H,28,30). The first-order valence-electron chi connectivity index (χ1n) is 9.72. The first kappa shape index (κ1) is 21.6. The van der Waals surface area contributed by atoms with E-state index >= 15 is 0 Å². The maximum absolute atomic E-state index is 12.9. The number of anilines is 2. The van der Waals surface area contributed by atoms with Crippen LogP contribution in [-0.4, -0.2) is 22.6 Å². The lowest BCUT2D eigenvalue weighted by Crippen LogP contribution is -2.16. The summed E-state index contributed by atoms with van der Waals surface area (Å²) in [6, 6.07) is 21.6. The number of hydrogen-bond acceptors (Lipinski definition) is 6.